The summed E-state index contributed by atoms with van der Waals surface area (Å²) in [5.41, 5.74) is 0.634. The predicted molar refractivity (Wildman–Crippen MR) is 73.0 cm³/mol. The smallest absolute Gasteiger partial charge is 0.271 e. The summed E-state index contributed by atoms with van der Waals surface area (Å²) in [5.74, 6) is 0. The maximum Gasteiger partial charge on any atom is 0.271 e. The minimum Gasteiger partial charge on any atom is -0.390 e. The van der Waals surface area contributed by atoms with Gasteiger partial charge in [0.15, 0.2) is 0 Å². The monoisotopic (exact) mass is 267 g/mol. The molecule has 0 bridgehead atoms. The lowest BCUT2D eigenvalue weighted by molar-refractivity contribution is 0.147. The van der Waals surface area contributed by atoms with Crippen LogP contribution in [0.1, 0.15) is 13.8 Å². The highest BCUT2D eigenvalue weighted by Crippen LogP contribution is 2.13. The first-order chi connectivity index (χ1) is 8.58. The standard InChI is InChI=1S/C12H17N3O2S/c1-8(2)13-5-9(16)6-15-7-14-10-3-4-18-11(10)12(15)17/h3-4,7-9,13,16H,5-6H2,1-2H3. The van der Waals surface area contributed by atoms with Crippen LogP contribution >= 0.6 is 11.3 Å². The third kappa shape index (κ3) is 2.95. The lowest BCUT2D eigenvalue weighted by atomic mass is 10.3. The van der Waals surface area contributed by atoms with Gasteiger partial charge < -0.3 is 10.4 Å². The first-order valence-corrected chi connectivity index (χ1v) is 6.80. The number of fused-ring (bicyclic) bond motifs is 1. The molecule has 0 aliphatic heterocycles. The lowest BCUT2D eigenvalue weighted by Crippen LogP contribution is -2.36. The molecule has 98 valence electrons. The molecule has 0 aromatic carbocycles. The number of hydrogen-bond acceptors (Lipinski definition) is 5. The quantitative estimate of drug-likeness (QED) is 0.841. The van der Waals surface area contributed by atoms with Crippen LogP contribution in [0.15, 0.2) is 22.6 Å². The first-order valence-electron chi connectivity index (χ1n) is 5.92. The first kappa shape index (κ1) is 13.2. The molecule has 2 aromatic rings. The highest BCUT2D eigenvalue weighted by Gasteiger charge is 2.10. The van der Waals surface area contributed by atoms with E-state index in [0.717, 1.165) is 5.52 Å². The average Bonchev–Trinajstić information content (AvgIpc) is 2.79. The van der Waals surface area contributed by atoms with Gasteiger partial charge in [-0.3, -0.25) is 9.36 Å². The summed E-state index contributed by atoms with van der Waals surface area (Å²) in [6.45, 7) is 4.75. The Hall–Kier alpha value is -1.24. The third-order valence-corrected chi connectivity index (χ3v) is 3.50. The van der Waals surface area contributed by atoms with Gasteiger partial charge in [0.05, 0.1) is 24.5 Å². The maximum absolute atomic E-state index is 12.1. The number of aliphatic hydroxyl groups is 1. The summed E-state index contributed by atoms with van der Waals surface area (Å²) in [4.78, 5) is 16.3. The van der Waals surface area contributed by atoms with Crippen LogP contribution in [0.4, 0.5) is 0 Å². The molecule has 18 heavy (non-hydrogen) atoms. The molecule has 0 fully saturated rings. The minimum atomic E-state index is -0.593. The van der Waals surface area contributed by atoms with Crippen LogP contribution in [0.25, 0.3) is 10.2 Å². The van der Waals surface area contributed by atoms with Gasteiger partial charge >= 0.3 is 0 Å². The van der Waals surface area contributed by atoms with E-state index >= 15 is 0 Å². The second-order valence-corrected chi connectivity index (χ2v) is 5.47. The largest absolute Gasteiger partial charge is 0.390 e. The summed E-state index contributed by atoms with van der Waals surface area (Å²) in [7, 11) is 0. The number of nitrogens with zero attached hydrogens (tertiary/aromatic N) is 2. The number of rotatable bonds is 5. The molecule has 2 aromatic heterocycles. The molecule has 0 amide bonds. The molecule has 5 nitrogen and oxygen atoms in total. The van der Waals surface area contributed by atoms with Crippen LogP contribution in [0.3, 0.4) is 0 Å². The second kappa shape index (κ2) is 5.60. The van der Waals surface area contributed by atoms with Crippen LogP contribution in [0.2, 0.25) is 0 Å². The van der Waals surface area contributed by atoms with Gasteiger partial charge in [-0.05, 0) is 11.4 Å². The summed E-state index contributed by atoms with van der Waals surface area (Å²) in [5, 5.41) is 14.8. The van der Waals surface area contributed by atoms with Gasteiger partial charge in [-0.25, -0.2) is 4.98 Å². The molecule has 2 heterocycles. The van der Waals surface area contributed by atoms with Crippen LogP contribution < -0.4 is 10.9 Å². The van der Waals surface area contributed by atoms with Crippen molar-refractivity contribution in [2.24, 2.45) is 0 Å². The van der Waals surface area contributed by atoms with Crippen LogP contribution in [-0.4, -0.2) is 33.3 Å². The number of nitrogens with one attached hydrogen (secondary N) is 1. The lowest BCUT2D eigenvalue weighted by Gasteiger charge is -2.15. The zero-order chi connectivity index (χ0) is 13.1. The van der Waals surface area contributed by atoms with Gasteiger partial charge in [-0.15, -0.1) is 11.3 Å². The Labute approximate surface area is 109 Å². The van der Waals surface area contributed by atoms with Crippen molar-refractivity contribution >= 4 is 21.6 Å². The zero-order valence-electron chi connectivity index (χ0n) is 10.5. The molecule has 6 heteroatoms. The Kier molecular flexibility index (Phi) is 4.11. The van der Waals surface area contributed by atoms with E-state index in [0.29, 0.717) is 17.3 Å². The number of thiophene rings is 1. The van der Waals surface area contributed by atoms with Gasteiger partial charge in [0.1, 0.15) is 4.70 Å². The summed E-state index contributed by atoms with van der Waals surface area (Å²) in [6, 6.07) is 2.14. The Morgan fingerprint density at radius 2 is 2.33 bits per heavy atom. The maximum atomic E-state index is 12.1. The topological polar surface area (TPSA) is 67.2 Å². The fourth-order valence-electron chi connectivity index (χ4n) is 1.67. The van der Waals surface area contributed by atoms with Crippen molar-refractivity contribution < 1.29 is 5.11 Å². The third-order valence-electron chi connectivity index (χ3n) is 2.60. The molecule has 1 unspecified atom stereocenters. The van der Waals surface area contributed by atoms with E-state index in [2.05, 4.69) is 10.3 Å². The van der Waals surface area contributed by atoms with Crippen molar-refractivity contribution in [3.63, 3.8) is 0 Å². The average molecular weight is 267 g/mol. The van der Waals surface area contributed by atoms with Crippen LogP contribution in [0.5, 0.6) is 0 Å². The Balaban J connectivity index is 2.11. The SMILES string of the molecule is CC(C)NCC(O)Cn1cnc2ccsc2c1=O. The number of aliphatic hydroxyl groups excluding tert-OH is 1. The molecule has 0 saturated heterocycles. The Bertz CT molecular complexity index is 576. The van der Waals surface area contributed by atoms with Crippen molar-refractivity contribution in [1.82, 2.24) is 14.9 Å². The molecule has 2 rings (SSSR count). The minimum absolute atomic E-state index is 0.0846. The Morgan fingerprint density at radius 1 is 1.56 bits per heavy atom. The van der Waals surface area contributed by atoms with Crippen molar-refractivity contribution in [3.05, 3.63) is 28.1 Å². The molecule has 0 aliphatic rings. The molecule has 0 radical (unpaired) electrons. The summed E-state index contributed by atoms with van der Waals surface area (Å²) < 4.78 is 2.10. The summed E-state index contributed by atoms with van der Waals surface area (Å²) >= 11 is 1.38. The molecule has 0 saturated carbocycles. The second-order valence-electron chi connectivity index (χ2n) is 4.55. The predicted octanol–water partition coefficient (Wildman–Crippen LogP) is 0.817. The van der Waals surface area contributed by atoms with E-state index in [-0.39, 0.29) is 12.1 Å². The fourth-order valence-corrected chi connectivity index (χ4v) is 2.46. The normalized spacial score (nSPS) is 13.3. The molecule has 1 atom stereocenters. The van der Waals surface area contributed by atoms with Gasteiger partial charge in [-0.1, -0.05) is 13.8 Å². The zero-order valence-corrected chi connectivity index (χ0v) is 11.3. The molecule has 2 N–H and O–H groups in total. The van der Waals surface area contributed by atoms with E-state index in [1.54, 1.807) is 0 Å². The molecule has 0 aliphatic carbocycles. The van der Waals surface area contributed by atoms with Crippen molar-refractivity contribution in [1.29, 1.82) is 0 Å². The van der Waals surface area contributed by atoms with E-state index in [1.165, 1.54) is 22.2 Å². The number of hydrogen-bond donors (Lipinski definition) is 2. The van der Waals surface area contributed by atoms with Crippen LogP contribution in [0, 0.1) is 0 Å². The van der Waals surface area contributed by atoms with E-state index < -0.39 is 6.10 Å². The highest BCUT2D eigenvalue weighted by atomic mass is 32.1. The van der Waals surface area contributed by atoms with E-state index in [1.807, 2.05) is 25.3 Å². The van der Waals surface area contributed by atoms with Crippen LogP contribution in [-0.2, 0) is 6.54 Å². The van der Waals surface area contributed by atoms with Gasteiger partial charge in [0.25, 0.3) is 5.56 Å². The number of aromatic nitrogens is 2. The van der Waals surface area contributed by atoms with E-state index in [4.69, 9.17) is 0 Å². The van der Waals surface area contributed by atoms with Gasteiger partial charge in [-0.2, -0.15) is 0 Å². The molecule has 0 spiro atoms. The highest BCUT2D eigenvalue weighted by molar-refractivity contribution is 7.17. The van der Waals surface area contributed by atoms with Gasteiger partial charge in [0.2, 0.25) is 0 Å². The van der Waals surface area contributed by atoms with E-state index in [9.17, 15) is 9.90 Å². The Morgan fingerprint density at radius 3 is 3.06 bits per heavy atom. The summed E-state index contributed by atoms with van der Waals surface area (Å²) in [6.07, 6.45) is 0.903. The molecular formula is C12H17N3O2S. The van der Waals surface area contributed by atoms with Gasteiger partial charge in [0, 0.05) is 12.6 Å². The fraction of sp³-hybridized carbons (Fsp3) is 0.500. The molecular weight excluding hydrogens is 250 g/mol. The van der Waals surface area contributed by atoms with Crippen molar-refractivity contribution in [3.8, 4) is 0 Å². The van der Waals surface area contributed by atoms with Crippen molar-refractivity contribution in [2.75, 3.05) is 6.54 Å². The van der Waals surface area contributed by atoms with Crippen molar-refractivity contribution in [2.45, 2.75) is 32.5 Å².